The highest BCUT2D eigenvalue weighted by Gasteiger charge is 2.16. The van der Waals surface area contributed by atoms with Gasteiger partial charge in [-0.3, -0.25) is 0 Å². The molecule has 20 heavy (non-hydrogen) atoms. The molecule has 1 aromatic heterocycles. The van der Waals surface area contributed by atoms with Crippen molar-refractivity contribution in [3.05, 3.63) is 58.4 Å². The van der Waals surface area contributed by atoms with E-state index < -0.39 is 0 Å². The first-order valence-electron chi connectivity index (χ1n) is 7.09. The quantitative estimate of drug-likeness (QED) is 0.931. The van der Waals surface area contributed by atoms with Gasteiger partial charge in [-0.1, -0.05) is 19.1 Å². The summed E-state index contributed by atoms with van der Waals surface area (Å²) in [6.07, 6.45) is 2.54. The van der Waals surface area contributed by atoms with E-state index in [-0.39, 0.29) is 5.82 Å². The average molecular weight is 271 g/mol. The highest BCUT2D eigenvalue weighted by Crippen LogP contribution is 2.17. The summed E-state index contributed by atoms with van der Waals surface area (Å²) >= 11 is 0. The highest BCUT2D eigenvalue weighted by molar-refractivity contribution is 5.30. The number of aromatic nitrogens is 2. The molecule has 3 nitrogen and oxygen atoms in total. The first-order valence-corrected chi connectivity index (χ1v) is 7.09. The Morgan fingerprint density at radius 1 is 1.20 bits per heavy atom. The van der Waals surface area contributed by atoms with Crippen molar-refractivity contribution in [3.63, 3.8) is 0 Å². The second-order valence-corrected chi connectivity index (χ2v) is 5.10. The molecule has 0 aliphatic carbocycles. The van der Waals surface area contributed by atoms with Crippen LogP contribution in [0.15, 0.2) is 24.3 Å². The maximum absolute atomic E-state index is 12.9. The summed E-state index contributed by atoms with van der Waals surface area (Å²) in [6.45, 7) is 3.97. The number of nitrogens with one attached hydrogen (secondary N) is 1. The largest absolute Gasteiger partial charge is 0.312 e. The summed E-state index contributed by atoms with van der Waals surface area (Å²) in [7, 11) is 0. The van der Waals surface area contributed by atoms with Gasteiger partial charge in [-0.05, 0) is 24.1 Å². The van der Waals surface area contributed by atoms with Crippen LogP contribution in [0.1, 0.15) is 35.3 Å². The van der Waals surface area contributed by atoms with Gasteiger partial charge >= 0.3 is 0 Å². The van der Waals surface area contributed by atoms with Crippen LogP contribution in [-0.4, -0.2) is 16.5 Å². The van der Waals surface area contributed by atoms with Gasteiger partial charge in [0.05, 0.1) is 5.69 Å². The predicted octanol–water partition coefficient (Wildman–Crippen LogP) is 2.41. The lowest BCUT2D eigenvalue weighted by molar-refractivity contribution is 0.611. The number of halogens is 1. The van der Waals surface area contributed by atoms with Crippen molar-refractivity contribution in [2.45, 2.75) is 32.7 Å². The maximum atomic E-state index is 12.9. The number of rotatable bonds is 3. The minimum Gasteiger partial charge on any atom is -0.312 e. The molecule has 0 amide bonds. The zero-order chi connectivity index (χ0) is 13.9. The molecule has 2 aromatic rings. The van der Waals surface area contributed by atoms with Gasteiger partial charge < -0.3 is 5.32 Å². The van der Waals surface area contributed by atoms with Crippen molar-refractivity contribution in [2.24, 2.45) is 0 Å². The summed E-state index contributed by atoms with van der Waals surface area (Å²) in [5.74, 6) is 0.634. The van der Waals surface area contributed by atoms with Gasteiger partial charge in [0, 0.05) is 37.2 Å². The fourth-order valence-electron chi connectivity index (χ4n) is 2.63. The lowest BCUT2D eigenvalue weighted by atomic mass is 10.0. The van der Waals surface area contributed by atoms with Crippen molar-refractivity contribution >= 4 is 0 Å². The number of hydrogen-bond acceptors (Lipinski definition) is 3. The van der Waals surface area contributed by atoms with Gasteiger partial charge in [-0.25, -0.2) is 14.4 Å². The van der Waals surface area contributed by atoms with Crippen LogP contribution in [-0.2, 0) is 25.8 Å². The molecule has 0 unspecified atom stereocenters. The van der Waals surface area contributed by atoms with Crippen molar-refractivity contribution in [1.82, 2.24) is 15.3 Å². The Balaban J connectivity index is 1.91. The molecule has 0 saturated carbocycles. The molecule has 0 bridgehead atoms. The van der Waals surface area contributed by atoms with Crippen molar-refractivity contribution in [2.75, 3.05) is 6.54 Å². The molecular formula is C16H18FN3. The fraction of sp³-hybridized carbons (Fsp3) is 0.375. The van der Waals surface area contributed by atoms with E-state index in [1.807, 2.05) is 0 Å². The lowest BCUT2D eigenvalue weighted by Gasteiger charge is -2.19. The Bertz CT molecular complexity index is 591. The van der Waals surface area contributed by atoms with Crippen LogP contribution in [0.5, 0.6) is 0 Å². The zero-order valence-electron chi connectivity index (χ0n) is 11.6. The Hall–Kier alpha value is -1.81. The SMILES string of the molecule is CCc1nc(Cc2ccc(F)cc2)nc2c1CNCC2. The first kappa shape index (κ1) is 13.2. The zero-order valence-corrected chi connectivity index (χ0v) is 11.6. The average Bonchev–Trinajstić information content (AvgIpc) is 2.49. The molecule has 1 aliphatic heterocycles. The molecule has 1 aromatic carbocycles. The normalized spacial score (nSPS) is 14.1. The van der Waals surface area contributed by atoms with E-state index in [1.54, 1.807) is 12.1 Å². The van der Waals surface area contributed by atoms with Crippen LogP contribution in [0.4, 0.5) is 4.39 Å². The van der Waals surface area contributed by atoms with Crippen molar-refractivity contribution in [3.8, 4) is 0 Å². The summed E-state index contributed by atoms with van der Waals surface area (Å²) in [4.78, 5) is 9.37. The maximum Gasteiger partial charge on any atom is 0.133 e. The third-order valence-electron chi connectivity index (χ3n) is 3.68. The Morgan fingerprint density at radius 3 is 2.75 bits per heavy atom. The molecule has 0 saturated heterocycles. The molecule has 104 valence electrons. The molecule has 2 heterocycles. The third-order valence-corrected chi connectivity index (χ3v) is 3.68. The molecule has 0 fully saturated rings. The smallest absolute Gasteiger partial charge is 0.133 e. The Kier molecular flexibility index (Phi) is 3.74. The van der Waals surface area contributed by atoms with E-state index in [2.05, 4.69) is 17.2 Å². The van der Waals surface area contributed by atoms with Gasteiger partial charge in [0.15, 0.2) is 0 Å². The number of benzene rings is 1. The third kappa shape index (κ3) is 2.70. The van der Waals surface area contributed by atoms with Crippen LogP contribution >= 0.6 is 0 Å². The highest BCUT2D eigenvalue weighted by atomic mass is 19.1. The summed E-state index contributed by atoms with van der Waals surface area (Å²) in [5, 5.41) is 3.37. The van der Waals surface area contributed by atoms with Crippen LogP contribution in [0.3, 0.4) is 0 Å². The van der Waals surface area contributed by atoms with E-state index >= 15 is 0 Å². The second kappa shape index (κ2) is 5.67. The van der Waals surface area contributed by atoms with E-state index in [0.29, 0.717) is 6.42 Å². The molecule has 1 N–H and O–H groups in total. The van der Waals surface area contributed by atoms with Gasteiger partial charge in [0.25, 0.3) is 0 Å². The molecule has 0 radical (unpaired) electrons. The summed E-state index contributed by atoms with van der Waals surface area (Å²) in [6, 6.07) is 6.56. The molecule has 0 atom stereocenters. The summed E-state index contributed by atoms with van der Waals surface area (Å²) in [5.41, 5.74) is 4.62. The van der Waals surface area contributed by atoms with Gasteiger partial charge in [-0.15, -0.1) is 0 Å². The molecular weight excluding hydrogens is 253 g/mol. The molecule has 3 rings (SSSR count). The predicted molar refractivity (Wildman–Crippen MR) is 76.0 cm³/mol. The number of hydrogen-bond donors (Lipinski definition) is 1. The van der Waals surface area contributed by atoms with E-state index in [4.69, 9.17) is 4.98 Å². The van der Waals surface area contributed by atoms with E-state index in [0.717, 1.165) is 43.0 Å². The van der Waals surface area contributed by atoms with Crippen LogP contribution in [0, 0.1) is 5.82 Å². The van der Waals surface area contributed by atoms with Gasteiger partial charge in [0.2, 0.25) is 0 Å². The minimum atomic E-state index is -0.208. The van der Waals surface area contributed by atoms with E-state index in [9.17, 15) is 4.39 Å². The second-order valence-electron chi connectivity index (χ2n) is 5.10. The van der Waals surface area contributed by atoms with Crippen LogP contribution < -0.4 is 5.32 Å². The Labute approximate surface area is 118 Å². The first-order chi connectivity index (χ1) is 9.76. The van der Waals surface area contributed by atoms with Gasteiger partial charge in [0.1, 0.15) is 11.6 Å². The van der Waals surface area contributed by atoms with Crippen LogP contribution in [0.2, 0.25) is 0 Å². The van der Waals surface area contributed by atoms with Crippen LogP contribution in [0.25, 0.3) is 0 Å². The minimum absolute atomic E-state index is 0.208. The fourth-order valence-corrected chi connectivity index (χ4v) is 2.63. The topological polar surface area (TPSA) is 37.8 Å². The van der Waals surface area contributed by atoms with Crippen molar-refractivity contribution in [1.29, 1.82) is 0 Å². The Morgan fingerprint density at radius 2 is 2.00 bits per heavy atom. The van der Waals surface area contributed by atoms with Crippen molar-refractivity contribution < 1.29 is 4.39 Å². The van der Waals surface area contributed by atoms with E-state index in [1.165, 1.54) is 23.4 Å². The monoisotopic (exact) mass is 271 g/mol. The van der Waals surface area contributed by atoms with Gasteiger partial charge in [-0.2, -0.15) is 0 Å². The molecule has 0 spiro atoms. The number of nitrogens with zero attached hydrogens (tertiary/aromatic N) is 2. The summed E-state index contributed by atoms with van der Waals surface area (Å²) < 4.78 is 12.9. The number of aryl methyl sites for hydroxylation is 1. The standard InChI is InChI=1S/C16H18FN3/c1-2-14-13-10-18-8-7-15(13)20-16(19-14)9-11-3-5-12(17)6-4-11/h3-6,18H,2,7-10H2,1H3. The molecule has 1 aliphatic rings. The lowest BCUT2D eigenvalue weighted by Crippen LogP contribution is -2.27. The molecule has 4 heteroatoms. The number of fused-ring (bicyclic) bond motifs is 1.